The van der Waals surface area contributed by atoms with Gasteiger partial charge in [-0.1, -0.05) is 12.1 Å². The molecule has 0 radical (unpaired) electrons. The lowest BCUT2D eigenvalue weighted by Gasteiger charge is -2.14. The second-order valence-corrected chi connectivity index (χ2v) is 6.04. The third kappa shape index (κ3) is 2.59. The van der Waals surface area contributed by atoms with Crippen molar-refractivity contribution >= 4 is 43.9 Å². The number of aromatic nitrogens is 1. The van der Waals surface area contributed by atoms with E-state index in [1.54, 1.807) is 6.20 Å². The zero-order valence-corrected chi connectivity index (χ0v) is 13.5. The number of nitrogen functional groups attached to an aromatic ring is 1. The van der Waals surface area contributed by atoms with Crippen LogP contribution in [-0.4, -0.2) is 4.98 Å². The summed E-state index contributed by atoms with van der Waals surface area (Å²) in [6.45, 7) is 4.22. The Morgan fingerprint density at radius 2 is 1.90 bits per heavy atom. The van der Waals surface area contributed by atoms with Gasteiger partial charge in [0.05, 0.1) is 11.2 Å². The largest absolute Gasteiger partial charge is 0.398 e. The summed E-state index contributed by atoms with van der Waals surface area (Å²) in [7, 11) is 0. The Morgan fingerprint density at radius 1 is 1.10 bits per heavy atom. The van der Waals surface area contributed by atoms with Gasteiger partial charge in [-0.25, -0.2) is 0 Å². The molecule has 21 heavy (non-hydrogen) atoms. The lowest BCUT2D eigenvalue weighted by Crippen LogP contribution is -1.98. The molecular weight excluding hydrogens is 326 g/mol. The molecular formula is C17H16BrN3. The Morgan fingerprint density at radius 3 is 2.71 bits per heavy atom. The molecule has 0 saturated carbocycles. The highest BCUT2D eigenvalue weighted by Crippen LogP contribution is 2.31. The normalized spacial score (nSPS) is 10.8. The molecule has 0 atom stereocenters. The molecule has 3 aromatic rings. The van der Waals surface area contributed by atoms with Crippen molar-refractivity contribution in [3.05, 3.63) is 58.2 Å². The van der Waals surface area contributed by atoms with Crippen molar-refractivity contribution < 1.29 is 0 Å². The number of nitrogens with zero attached hydrogens (tertiary/aromatic N) is 1. The molecule has 3 N–H and O–H groups in total. The second kappa shape index (κ2) is 5.37. The lowest BCUT2D eigenvalue weighted by atomic mass is 10.1. The van der Waals surface area contributed by atoms with E-state index in [0.717, 1.165) is 32.4 Å². The first kappa shape index (κ1) is 13.9. The lowest BCUT2D eigenvalue weighted by molar-refractivity contribution is 1.33. The van der Waals surface area contributed by atoms with Crippen LogP contribution in [0.15, 0.2) is 47.1 Å². The molecule has 0 spiro atoms. The van der Waals surface area contributed by atoms with Crippen LogP contribution >= 0.6 is 15.9 Å². The average Bonchev–Trinajstić information content (AvgIpc) is 2.47. The zero-order chi connectivity index (χ0) is 15.0. The Bertz CT molecular complexity index is 828. The van der Waals surface area contributed by atoms with Crippen LogP contribution in [0.1, 0.15) is 11.1 Å². The molecule has 0 saturated heterocycles. The number of halogens is 1. The minimum absolute atomic E-state index is 0.727. The number of anilines is 3. The fraction of sp³-hybridized carbons (Fsp3) is 0.118. The van der Waals surface area contributed by atoms with Gasteiger partial charge < -0.3 is 11.1 Å². The number of rotatable bonds is 2. The number of hydrogen-bond acceptors (Lipinski definition) is 3. The van der Waals surface area contributed by atoms with Crippen LogP contribution in [0.3, 0.4) is 0 Å². The second-order valence-electron chi connectivity index (χ2n) is 5.12. The fourth-order valence-electron chi connectivity index (χ4n) is 2.35. The molecule has 0 bridgehead atoms. The first-order chi connectivity index (χ1) is 10.1. The van der Waals surface area contributed by atoms with Gasteiger partial charge in [0.15, 0.2) is 0 Å². The van der Waals surface area contributed by atoms with Gasteiger partial charge in [0, 0.05) is 27.4 Å². The van der Waals surface area contributed by atoms with Crippen LogP contribution in [-0.2, 0) is 0 Å². The average molecular weight is 342 g/mol. The number of nitrogens with two attached hydrogens (primary N) is 1. The van der Waals surface area contributed by atoms with E-state index in [2.05, 4.69) is 52.2 Å². The standard InChI is InChI=1S/C17H16BrN3/c1-10-4-3-5-15(11(10)2)21-16-7-6-14(19)13-8-12(18)9-20-17(13)16/h3-9,21H,19H2,1-2H3. The quantitative estimate of drug-likeness (QED) is 0.649. The number of aryl methyl sites for hydroxylation is 1. The van der Waals surface area contributed by atoms with E-state index in [1.807, 2.05) is 24.3 Å². The molecule has 4 heteroatoms. The van der Waals surface area contributed by atoms with E-state index in [4.69, 9.17) is 5.73 Å². The van der Waals surface area contributed by atoms with Crippen LogP contribution in [0.25, 0.3) is 10.9 Å². The molecule has 0 aliphatic carbocycles. The first-order valence-corrected chi connectivity index (χ1v) is 7.52. The Labute approximate surface area is 132 Å². The van der Waals surface area contributed by atoms with Gasteiger partial charge in [-0.15, -0.1) is 0 Å². The van der Waals surface area contributed by atoms with Crippen molar-refractivity contribution in [3.8, 4) is 0 Å². The molecule has 3 rings (SSSR count). The highest BCUT2D eigenvalue weighted by atomic mass is 79.9. The summed E-state index contributed by atoms with van der Waals surface area (Å²) >= 11 is 3.44. The van der Waals surface area contributed by atoms with E-state index in [1.165, 1.54) is 11.1 Å². The van der Waals surface area contributed by atoms with Crippen LogP contribution < -0.4 is 11.1 Å². The van der Waals surface area contributed by atoms with Gasteiger partial charge in [0.2, 0.25) is 0 Å². The smallest absolute Gasteiger partial charge is 0.0958 e. The minimum atomic E-state index is 0.727. The number of hydrogen-bond donors (Lipinski definition) is 2. The third-order valence-electron chi connectivity index (χ3n) is 3.72. The fourth-order valence-corrected chi connectivity index (χ4v) is 2.68. The van der Waals surface area contributed by atoms with Crippen LogP contribution in [0.4, 0.5) is 17.1 Å². The van der Waals surface area contributed by atoms with E-state index in [-0.39, 0.29) is 0 Å². The third-order valence-corrected chi connectivity index (χ3v) is 4.16. The molecule has 2 aromatic carbocycles. The highest BCUT2D eigenvalue weighted by Gasteiger charge is 2.08. The summed E-state index contributed by atoms with van der Waals surface area (Å²) < 4.78 is 0.922. The van der Waals surface area contributed by atoms with Crippen molar-refractivity contribution in [3.63, 3.8) is 0 Å². The molecule has 0 fully saturated rings. The highest BCUT2D eigenvalue weighted by molar-refractivity contribution is 9.10. The predicted molar refractivity (Wildman–Crippen MR) is 93.1 cm³/mol. The summed E-state index contributed by atoms with van der Waals surface area (Å²) in [6, 6.07) is 12.1. The Kier molecular flexibility index (Phi) is 3.55. The molecule has 1 aromatic heterocycles. The van der Waals surface area contributed by atoms with Crippen molar-refractivity contribution in [1.29, 1.82) is 0 Å². The number of pyridine rings is 1. The topological polar surface area (TPSA) is 50.9 Å². The summed E-state index contributed by atoms with van der Waals surface area (Å²) in [5.74, 6) is 0. The maximum atomic E-state index is 6.05. The van der Waals surface area contributed by atoms with Crippen LogP contribution in [0.2, 0.25) is 0 Å². The first-order valence-electron chi connectivity index (χ1n) is 6.73. The van der Waals surface area contributed by atoms with Gasteiger partial charge in [-0.3, -0.25) is 4.98 Å². The SMILES string of the molecule is Cc1cccc(Nc2ccc(N)c3cc(Br)cnc23)c1C. The van der Waals surface area contributed by atoms with Gasteiger partial charge >= 0.3 is 0 Å². The molecule has 106 valence electrons. The summed E-state index contributed by atoms with van der Waals surface area (Å²) in [5.41, 5.74) is 12.2. The van der Waals surface area contributed by atoms with Crippen molar-refractivity contribution in [1.82, 2.24) is 4.98 Å². The molecule has 1 heterocycles. The van der Waals surface area contributed by atoms with E-state index < -0.39 is 0 Å². The zero-order valence-electron chi connectivity index (χ0n) is 11.9. The van der Waals surface area contributed by atoms with E-state index in [0.29, 0.717) is 0 Å². The maximum Gasteiger partial charge on any atom is 0.0958 e. The Hall–Kier alpha value is -2.07. The van der Waals surface area contributed by atoms with Gasteiger partial charge in [-0.2, -0.15) is 0 Å². The van der Waals surface area contributed by atoms with Crippen LogP contribution in [0.5, 0.6) is 0 Å². The van der Waals surface area contributed by atoms with E-state index >= 15 is 0 Å². The van der Waals surface area contributed by atoms with Crippen LogP contribution in [0, 0.1) is 13.8 Å². The molecule has 0 unspecified atom stereocenters. The molecule has 0 aliphatic heterocycles. The van der Waals surface area contributed by atoms with Gasteiger partial charge in [-0.05, 0) is 65.2 Å². The van der Waals surface area contributed by atoms with Crippen molar-refractivity contribution in [2.24, 2.45) is 0 Å². The maximum absolute atomic E-state index is 6.05. The minimum Gasteiger partial charge on any atom is -0.398 e. The predicted octanol–water partition coefficient (Wildman–Crippen LogP) is 4.94. The molecule has 0 amide bonds. The van der Waals surface area contributed by atoms with E-state index in [9.17, 15) is 0 Å². The number of nitrogens with one attached hydrogen (secondary N) is 1. The molecule has 3 nitrogen and oxygen atoms in total. The molecule has 0 aliphatic rings. The summed E-state index contributed by atoms with van der Waals surface area (Å²) in [6.07, 6.45) is 1.79. The summed E-state index contributed by atoms with van der Waals surface area (Å²) in [5, 5.41) is 4.41. The van der Waals surface area contributed by atoms with Gasteiger partial charge in [0.1, 0.15) is 0 Å². The number of benzene rings is 2. The summed E-state index contributed by atoms with van der Waals surface area (Å²) in [4.78, 5) is 4.50. The monoisotopic (exact) mass is 341 g/mol. The van der Waals surface area contributed by atoms with Gasteiger partial charge in [0.25, 0.3) is 0 Å². The Balaban J connectivity index is 2.13. The van der Waals surface area contributed by atoms with Crippen molar-refractivity contribution in [2.45, 2.75) is 13.8 Å². The number of fused-ring (bicyclic) bond motifs is 1. The van der Waals surface area contributed by atoms with Crippen molar-refractivity contribution in [2.75, 3.05) is 11.1 Å².